The number of aliphatic hydroxyl groups excluding tert-OH is 7. The van der Waals surface area contributed by atoms with E-state index in [0.29, 0.717) is 19.3 Å². The first-order valence-electron chi connectivity index (χ1n) is 29.0. The summed E-state index contributed by atoms with van der Waals surface area (Å²) in [5.41, 5.74) is 0. The van der Waals surface area contributed by atoms with Crippen LogP contribution < -0.4 is 5.32 Å². The average molecular weight is 993 g/mol. The average Bonchev–Trinajstić information content (AvgIpc) is 3.36. The lowest BCUT2D eigenvalue weighted by molar-refractivity contribution is -0.303. The molecular weight excluding hydrogens is 883 g/mol. The molecule has 70 heavy (non-hydrogen) atoms. The lowest BCUT2D eigenvalue weighted by Gasteiger charge is -2.40. The highest BCUT2D eigenvalue weighted by Crippen LogP contribution is 2.23. The molecule has 0 saturated carbocycles. The first-order chi connectivity index (χ1) is 34.2. The second-order valence-corrected chi connectivity index (χ2v) is 20.3. The number of allylic oxidation sites excluding steroid dienone is 8. The number of aliphatic hydroxyl groups is 7. The van der Waals surface area contributed by atoms with Gasteiger partial charge in [-0.1, -0.05) is 210 Å². The van der Waals surface area contributed by atoms with E-state index in [0.717, 1.165) is 70.6 Å². The second kappa shape index (κ2) is 48.0. The maximum atomic E-state index is 13.1. The Morgan fingerprint density at radius 2 is 0.857 bits per heavy atom. The summed E-state index contributed by atoms with van der Waals surface area (Å²) in [5, 5.41) is 76.0. The van der Waals surface area contributed by atoms with Crippen LogP contribution in [0.2, 0.25) is 0 Å². The number of unbranched alkanes of at least 4 members (excludes halogenated alkanes) is 29. The minimum atomic E-state index is -1.67. The Morgan fingerprint density at radius 3 is 1.29 bits per heavy atom. The van der Waals surface area contributed by atoms with Gasteiger partial charge in [-0.05, 0) is 89.9 Å². The zero-order valence-corrected chi connectivity index (χ0v) is 44.7. The summed E-state index contributed by atoms with van der Waals surface area (Å²) in [6.07, 6.45) is 49.0. The van der Waals surface area contributed by atoms with E-state index in [2.05, 4.69) is 67.8 Å². The fourth-order valence-electron chi connectivity index (χ4n) is 9.06. The third-order valence-electron chi connectivity index (χ3n) is 13.8. The van der Waals surface area contributed by atoms with Crippen molar-refractivity contribution in [2.45, 2.75) is 306 Å². The standard InChI is InChI=1S/C59H109NO10/c1-3-5-7-9-11-13-15-17-19-20-21-22-23-24-25-26-27-28-29-30-31-32-33-35-36-38-40-42-44-46-51(62)54(64)50(49-69-59-57(67)56(66)55(65)53(48-61)70-59)60-58(68)52(63)47-45-43-41-39-37-34-18-16-14-12-10-8-6-4-2/h14,16,28-29,32-33,38,40,50-57,59,61-67H,3-13,15,17-27,30-31,34-37,39,41-49H2,1-2H3,(H,60,68)/b16-14-,29-28+,33-32+,40-38+. The molecule has 1 heterocycles. The molecule has 1 saturated heterocycles. The van der Waals surface area contributed by atoms with Crippen molar-refractivity contribution in [3.8, 4) is 0 Å². The molecule has 0 aromatic carbocycles. The van der Waals surface area contributed by atoms with Gasteiger partial charge in [-0.25, -0.2) is 0 Å². The minimum absolute atomic E-state index is 0.239. The second-order valence-electron chi connectivity index (χ2n) is 20.3. The van der Waals surface area contributed by atoms with Crippen molar-refractivity contribution in [3.05, 3.63) is 48.6 Å². The molecule has 0 aliphatic carbocycles. The van der Waals surface area contributed by atoms with Gasteiger partial charge in [0.2, 0.25) is 5.91 Å². The van der Waals surface area contributed by atoms with Crippen molar-refractivity contribution in [3.63, 3.8) is 0 Å². The van der Waals surface area contributed by atoms with Crippen LogP contribution in [0.3, 0.4) is 0 Å². The topological polar surface area (TPSA) is 189 Å². The van der Waals surface area contributed by atoms with E-state index in [1.54, 1.807) is 0 Å². The Bertz CT molecular complexity index is 1280. The first-order valence-corrected chi connectivity index (χ1v) is 29.0. The van der Waals surface area contributed by atoms with Gasteiger partial charge in [-0.2, -0.15) is 0 Å². The number of rotatable bonds is 49. The lowest BCUT2D eigenvalue weighted by Crippen LogP contribution is -2.60. The Labute approximate surface area is 428 Å². The summed E-state index contributed by atoms with van der Waals surface area (Å²) in [5.74, 6) is -0.718. The van der Waals surface area contributed by atoms with Crippen LogP contribution in [-0.4, -0.2) is 110 Å². The van der Waals surface area contributed by atoms with Crippen molar-refractivity contribution in [1.29, 1.82) is 0 Å². The van der Waals surface area contributed by atoms with Crippen molar-refractivity contribution in [1.82, 2.24) is 5.32 Å². The van der Waals surface area contributed by atoms with Gasteiger partial charge in [0.1, 0.15) is 36.6 Å². The normalized spacial score (nSPS) is 20.6. The first kappa shape index (κ1) is 66.1. The van der Waals surface area contributed by atoms with Gasteiger partial charge < -0.3 is 50.5 Å². The van der Waals surface area contributed by atoms with E-state index in [1.165, 1.54) is 135 Å². The molecule has 0 radical (unpaired) electrons. The molecule has 1 fully saturated rings. The molecule has 1 aliphatic heterocycles. The van der Waals surface area contributed by atoms with Gasteiger partial charge in [0.15, 0.2) is 6.29 Å². The summed E-state index contributed by atoms with van der Waals surface area (Å²) in [6, 6.07) is -1.20. The van der Waals surface area contributed by atoms with Gasteiger partial charge in [0.05, 0.1) is 25.4 Å². The molecule has 1 aliphatic rings. The minimum Gasteiger partial charge on any atom is -0.394 e. The van der Waals surface area contributed by atoms with Crippen LogP contribution in [0.25, 0.3) is 0 Å². The van der Waals surface area contributed by atoms with Crippen LogP contribution in [0, 0.1) is 0 Å². The van der Waals surface area contributed by atoms with Crippen molar-refractivity contribution >= 4 is 5.91 Å². The van der Waals surface area contributed by atoms with Crippen molar-refractivity contribution < 1.29 is 50.0 Å². The zero-order valence-electron chi connectivity index (χ0n) is 44.7. The number of amides is 1. The predicted molar refractivity (Wildman–Crippen MR) is 288 cm³/mol. The van der Waals surface area contributed by atoms with Crippen molar-refractivity contribution in [2.75, 3.05) is 13.2 Å². The number of carbonyl (C=O) groups excluding carboxylic acids is 1. The Morgan fingerprint density at radius 1 is 0.486 bits per heavy atom. The Balaban J connectivity index is 2.32. The summed E-state index contributed by atoms with van der Waals surface area (Å²) in [7, 11) is 0. The van der Waals surface area contributed by atoms with E-state index in [-0.39, 0.29) is 12.8 Å². The summed E-state index contributed by atoms with van der Waals surface area (Å²) in [4.78, 5) is 13.1. The number of hydrogen-bond acceptors (Lipinski definition) is 10. The maximum Gasteiger partial charge on any atom is 0.249 e. The number of nitrogens with one attached hydrogen (secondary N) is 1. The third-order valence-corrected chi connectivity index (χ3v) is 13.8. The van der Waals surface area contributed by atoms with Crippen LogP contribution in [0.5, 0.6) is 0 Å². The van der Waals surface area contributed by atoms with Gasteiger partial charge >= 0.3 is 0 Å². The highest BCUT2D eigenvalue weighted by molar-refractivity contribution is 5.80. The molecule has 410 valence electrons. The van der Waals surface area contributed by atoms with Gasteiger partial charge in [-0.3, -0.25) is 4.79 Å². The lowest BCUT2D eigenvalue weighted by atomic mass is 9.98. The predicted octanol–water partition coefficient (Wildman–Crippen LogP) is 12.1. The molecule has 1 amide bonds. The molecule has 11 nitrogen and oxygen atoms in total. The Kier molecular flexibility index (Phi) is 45.3. The summed E-state index contributed by atoms with van der Waals surface area (Å²) in [6.45, 7) is 3.42. The molecule has 9 atom stereocenters. The number of ether oxygens (including phenoxy) is 2. The SMILES string of the molecule is CCCCCC/C=C\CCCCCCCCC(O)C(=O)NC(COC1OC(CO)C(O)C(O)C1O)C(O)C(O)CCC/C=C/CC/C=C/CC/C=C/CCCCCCCCCCCCCCCCCC. The van der Waals surface area contributed by atoms with Gasteiger partial charge in [0, 0.05) is 0 Å². The van der Waals surface area contributed by atoms with Crippen molar-refractivity contribution in [2.24, 2.45) is 0 Å². The highest BCUT2D eigenvalue weighted by Gasteiger charge is 2.44. The summed E-state index contributed by atoms with van der Waals surface area (Å²) >= 11 is 0. The Hall–Kier alpha value is -1.93. The van der Waals surface area contributed by atoms with E-state index in [9.17, 15) is 40.5 Å². The molecule has 9 unspecified atom stereocenters. The monoisotopic (exact) mass is 992 g/mol. The van der Waals surface area contributed by atoms with Crippen LogP contribution in [0.4, 0.5) is 0 Å². The van der Waals surface area contributed by atoms with E-state index in [4.69, 9.17) is 9.47 Å². The van der Waals surface area contributed by atoms with Gasteiger partial charge in [0.25, 0.3) is 0 Å². The largest absolute Gasteiger partial charge is 0.394 e. The molecule has 0 bridgehead atoms. The molecular formula is C59H109NO10. The molecule has 1 rings (SSSR count). The van der Waals surface area contributed by atoms with Crippen LogP contribution in [0.1, 0.15) is 251 Å². The smallest absolute Gasteiger partial charge is 0.249 e. The van der Waals surface area contributed by atoms with E-state index < -0.39 is 74.2 Å². The third kappa shape index (κ3) is 36.1. The van der Waals surface area contributed by atoms with Crippen LogP contribution in [-0.2, 0) is 14.3 Å². The molecule has 11 heteroatoms. The quantitative estimate of drug-likeness (QED) is 0.0215. The molecule has 0 aromatic heterocycles. The molecule has 0 aromatic rings. The fraction of sp³-hybridized carbons (Fsp3) is 0.847. The molecule has 0 spiro atoms. The fourth-order valence-corrected chi connectivity index (χ4v) is 9.06. The summed E-state index contributed by atoms with van der Waals surface area (Å²) < 4.78 is 11.1. The zero-order chi connectivity index (χ0) is 51.1. The van der Waals surface area contributed by atoms with Crippen LogP contribution >= 0.6 is 0 Å². The number of carbonyl (C=O) groups is 1. The highest BCUT2D eigenvalue weighted by atomic mass is 16.7. The van der Waals surface area contributed by atoms with E-state index >= 15 is 0 Å². The molecule has 8 N–H and O–H groups in total. The van der Waals surface area contributed by atoms with Crippen LogP contribution in [0.15, 0.2) is 48.6 Å². The van der Waals surface area contributed by atoms with Gasteiger partial charge in [-0.15, -0.1) is 0 Å². The van der Waals surface area contributed by atoms with E-state index in [1.807, 2.05) is 0 Å². The maximum absolute atomic E-state index is 13.1. The number of hydrogen-bond donors (Lipinski definition) is 8.